The van der Waals surface area contributed by atoms with Crippen LogP contribution in [0.4, 0.5) is 8.78 Å². The van der Waals surface area contributed by atoms with Crippen molar-refractivity contribution in [3.8, 4) is 0 Å². The quantitative estimate of drug-likeness (QED) is 0.716. The number of pyridine rings is 1. The molecule has 0 saturated heterocycles. The third kappa shape index (κ3) is 1.76. The maximum absolute atomic E-state index is 12.1. The number of hydrogen-bond acceptors (Lipinski definition) is 1. The second-order valence-corrected chi connectivity index (χ2v) is 2.80. The van der Waals surface area contributed by atoms with Crippen LogP contribution < -0.4 is 5.43 Å². The zero-order chi connectivity index (χ0) is 9.30. The molecule has 1 N–H and O–H groups in total. The van der Waals surface area contributed by atoms with Crippen LogP contribution in [0, 0.1) is 0 Å². The van der Waals surface area contributed by atoms with Gasteiger partial charge in [0.25, 0.3) is 6.43 Å². The van der Waals surface area contributed by atoms with E-state index in [9.17, 15) is 13.6 Å². The van der Waals surface area contributed by atoms with Crippen LogP contribution >= 0.6 is 23.2 Å². The monoisotopic (exact) mass is 213 g/mol. The van der Waals surface area contributed by atoms with Gasteiger partial charge in [-0.3, -0.25) is 4.79 Å². The highest BCUT2D eigenvalue weighted by Crippen LogP contribution is 2.23. The average Bonchev–Trinajstić information content (AvgIpc) is 1.96. The summed E-state index contributed by atoms with van der Waals surface area (Å²) in [6, 6.07) is 0.940. The van der Waals surface area contributed by atoms with Crippen LogP contribution in [0.3, 0.4) is 0 Å². The second-order valence-electron chi connectivity index (χ2n) is 2.01. The molecule has 1 aromatic rings. The van der Waals surface area contributed by atoms with Gasteiger partial charge >= 0.3 is 0 Å². The molecule has 0 unspecified atom stereocenters. The minimum Gasteiger partial charge on any atom is -0.343 e. The van der Waals surface area contributed by atoms with Gasteiger partial charge in [-0.2, -0.15) is 0 Å². The lowest BCUT2D eigenvalue weighted by Crippen LogP contribution is -2.06. The lowest BCUT2D eigenvalue weighted by molar-refractivity contribution is 0.146. The first-order valence-electron chi connectivity index (χ1n) is 2.88. The van der Waals surface area contributed by atoms with Crippen molar-refractivity contribution in [3.05, 3.63) is 32.2 Å². The summed E-state index contributed by atoms with van der Waals surface area (Å²) in [5, 5.41) is -0.672. The van der Waals surface area contributed by atoms with E-state index in [1.807, 2.05) is 0 Å². The Hall–Kier alpha value is -0.610. The molecular formula is C6H3Cl2F2NO. The topological polar surface area (TPSA) is 32.9 Å². The Kier molecular flexibility index (Phi) is 2.69. The average molecular weight is 214 g/mol. The van der Waals surface area contributed by atoms with Crippen molar-refractivity contribution < 1.29 is 8.78 Å². The molecule has 12 heavy (non-hydrogen) atoms. The Morgan fingerprint density at radius 1 is 1.42 bits per heavy atom. The lowest BCUT2D eigenvalue weighted by Gasteiger charge is -2.02. The number of nitrogens with one attached hydrogen (secondary N) is 1. The van der Waals surface area contributed by atoms with Crippen molar-refractivity contribution in [2.24, 2.45) is 0 Å². The Morgan fingerprint density at radius 3 is 2.50 bits per heavy atom. The molecule has 0 atom stereocenters. The van der Waals surface area contributed by atoms with Crippen LogP contribution in [0.25, 0.3) is 0 Å². The van der Waals surface area contributed by atoms with Crippen LogP contribution in [0.5, 0.6) is 0 Å². The van der Waals surface area contributed by atoms with E-state index in [-0.39, 0.29) is 5.15 Å². The van der Waals surface area contributed by atoms with Crippen molar-refractivity contribution in [3.63, 3.8) is 0 Å². The zero-order valence-corrected chi connectivity index (χ0v) is 7.09. The van der Waals surface area contributed by atoms with E-state index in [0.29, 0.717) is 0 Å². The van der Waals surface area contributed by atoms with Gasteiger partial charge in [-0.15, -0.1) is 0 Å². The lowest BCUT2D eigenvalue weighted by atomic mass is 10.3. The number of hydrogen-bond donors (Lipinski definition) is 1. The molecule has 0 aliphatic carbocycles. The standard InChI is InChI=1S/C6H3Cl2F2NO/c7-3-1-2(12)4(8)5(11-3)6(9)10/h1,6H,(H,11,12). The number of aromatic amines is 1. The summed E-state index contributed by atoms with van der Waals surface area (Å²) in [4.78, 5) is 12.9. The molecule has 6 heteroatoms. The van der Waals surface area contributed by atoms with Crippen LogP contribution in [0.15, 0.2) is 10.9 Å². The van der Waals surface area contributed by atoms with Gasteiger partial charge in [0.1, 0.15) is 15.9 Å². The first kappa shape index (κ1) is 9.48. The van der Waals surface area contributed by atoms with E-state index in [1.165, 1.54) is 0 Å². The summed E-state index contributed by atoms with van der Waals surface area (Å²) >= 11 is 10.6. The van der Waals surface area contributed by atoms with Gasteiger partial charge in [0, 0.05) is 6.07 Å². The Bertz CT molecular complexity index is 350. The van der Waals surface area contributed by atoms with Crippen molar-refractivity contribution in [2.45, 2.75) is 6.43 Å². The molecule has 0 amide bonds. The molecule has 1 heterocycles. The van der Waals surface area contributed by atoms with E-state index < -0.39 is 22.6 Å². The maximum atomic E-state index is 12.1. The molecule has 0 aliphatic heterocycles. The Balaban J connectivity index is 3.38. The fourth-order valence-electron chi connectivity index (χ4n) is 0.681. The van der Waals surface area contributed by atoms with E-state index in [0.717, 1.165) is 6.07 Å². The van der Waals surface area contributed by atoms with E-state index in [4.69, 9.17) is 23.2 Å². The van der Waals surface area contributed by atoms with Gasteiger partial charge in [-0.25, -0.2) is 8.78 Å². The van der Waals surface area contributed by atoms with E-state index in [2.05, 4.69) is 4.98 Å². The normalized spacial score (nSPS) is 10.8. The van der Waals surface area contributed by atoms with Gasteiger partial charge in [-0.1, -0.05) is 23.2 Å². The minimum atomic E-state index is -2.83. The van der Waals surface area contributed by atoms with Crippen LogP contribution in [0.2, 0.25) is 10.2 Å². The smallest absolute Gasteiger partial charge is 0.279 e. The fraction of sp³-hybridized carbons (Fsp3) is 0.167. The molecule has 0 aliphatic rings. The summed E-state index contributed by atoms with van der Waals surface area (Å²) in [6.07, 6.45) is -2.83. The molecule has 1 aromatic heterocycles. The Morgan fingerprint density at radius 2 is 2.00 bits per heavy atom. The first-order valence-corrected chi connectivity index (χ1v) is 3.64. The largest absolute Gasteiger partial charge is 0.343 e. The molecule has 0 saturated carbocycles. The van der Waals surface area contributed by atoms with E-state index >= 15 is 0 Å². The van der Waals surface area contributed by atoms with Crippen molar-refractivity contribution in [1.29, 1.82) is 0 Å². The highest BCUT2D eigenvalue weighted by molar-refractivity contribution is 6.32. The molecule has 0 radical (unpaired) electrons. The third-order valence-corrected chi connectivity index (χ3v) is 1.78. The number of rotatable bonds is 1. The van der Waals surface area contributed by atoms with Gasteiger partial charge in [-0.05, 0) is 0 Å². The summed E-state index contributed by atoms with van der Waals surface area (Å²) in [6.45, 7) is 0. The summed E-state index contributed by atoms with van der Waals surface area (Å²) in [5.74, 6) is 0. The molecule has 1 rings (SSSR count). The molecule has 2 nitrogen and oxygen atoms in total. The molecule has 66 valence electrons. The van der Waals surface area contributed by atoms with Crippen molar-refractivity contribution >= 4 is 23.2 Å². The molecular weight excluding hydrogens is 211 g/mol. The minimum absolute atomic E-state index is 0.153. The fourth-order valence-corrected chi connectivity index (χ4v) is 1.07. The predicted octanol–water partition coefficient (Wildman–Crippen LogP) is 2.62. The number of alkyl halides is 2. The van der Waals surface area contributed by atoms with Gasteiger partial charge in [0.05, 0.1) is 0 Å². The highest BCUT2D eigenvalue weighted by atomic mass is 35.5. The zero-order valence-electron chi connectivity index (χ0n) is 5.57. The summed E-state index contributed by atoms with van der Waals surface area (Å²) in [7, 11) is 0. The van der Waals surface area contributed by atoms with Crippen molar-refractivity contribution in [1.82, 2.24) is 4.98 Å². The molecule has 0 aromatic carbocycles. The first-order chi connectivity index (χ1) is 5.52. The second kappa shape index (κ2) is 3.41. The molecule has 0 fully saturated rings. The Labute approximate surface area is 76.1 Å². The number of aromatic nitrogens is 1. The number of H-pyrrole nitrogens is 1. The maximum Gasteiger partial charge on any atom is 0.279 e. The van der Waals surface area contributed by atoms with Crippen LogP contribution in [0.1, 0.15) is 12.1 Å². The predicted molar refractivity (Wildman–Crippen MR) is 42.0 cm³/mol. The van der Waals surface area contributed by atoms with E-state index in [1.54, 1.807) is 0 Å². The molecule has 0 spiro atoms. The SMILES string of the molecule is O=c1cc(Cl)[nH]c(C(F)F)c1Cl. The summed E-state index contributed by atoms with van der Waals surface area (Å²) in [5.41, 5.74) is -1.36. The summed E-state index contributed by atoms with van der Waals surface area (Å²) < 4.78 is 24.1. The molecule has 0 bridgehead atoms. The number of halogens is 4. The van der Waals surface area contributed by atoms with Crippen LogP contribution in [-0.2, 0) is 0 Å². The van der Waals surface area contributed by atoms with Crippen molar-refractivity contribution in [2.75, 3.05) is 0 Å². The van der Waals surface area contributed by atoms with Crippen LogP contribution in [-0.4, -0.2) is 4.98 Å². The van der Waals surface area contributed by atoms with Gasteiger partial charge in [0.2, 0.25) is 5.43 Å². The highest BCUT2D eigenvalue weighted by Gasteiger charge is 2.15. The third-order valence-electron chi connectivity index (χ3n) is 1.18. The van der Waals surface area contributed by atoms with Gasteiger partial charge < -0.3 is 4.98 Å². The van der Waals surface area contributed by atoms with Gasteiger partial charge in [0.15, 0.2) is 0 Å².